The zero-order valence-electron chi connectivity index (χ0n) is 26.1. The zero-order chi connectivity index (χ0) is 31.9. The highest BCUT2D eigenvalue weighted by molar-refractivity contribution is 5.93. The lowest BCUT2D eigenvalue weighted by molar-refractivity contribution is 1.07. The van der Waals surface area contributed by atoms with Crippen LogP contribution in [0.15, 0.2) is 176 Å². The summed E-state index contributed by atoms with van der Waals surface area (Å²) in [5, 5.41) is 7.26. The topological polar surface area (TPSA) is 38.7 Å². The van der Waals surface area contributed by atoms with E-state index in [4.69, 9.17) is 15.0 Å². The largest absolute Gasteiger partial charge is 0.208 e. The molecule has 8 aromatic carbocycles. The number of aromatic nitrogens is 3. The van der Waals surface area contributed by atoms with Gasteiger partial charge in [0.1, 0.15) is 0 Å². The summed E-state index contributed by atoms with van der Waals surface area (Å²) in [6.45, 7) is 0. The van der Waals surface area contributed by atoms with Crippen LogP contribution in [-0.4, -0.2) is 15.0 Å². The van der Waals surface area contributed by atoms with Crippen LogP contribution in [0.2, 0.25) is 0 Å². The van der Waals surface area contributed by atoms with Crippen LogP contribution >= 0.6 is 0 Å². The first kappa shape index (κ1) is 27.8. The predicted octanol–water partition coefficient (Wildman–Crippen LogP) is 11.7. The van der Waals surface area contributed by atoms with Crippen molar-refractivity contribution in [1.29, 1.82) is 0 Å². The van der Waals surface area contributed by atoms with Crippen LogP contribution in [0.4, 0.5) is 0 Å². The molecule has 3 nitrogen and oxygen atoms in total. The number of benzene rings is 8. The van der Waals surface area contributed by atoms with E-state index >= 15 is 0 Å². The highest BCUT2D eigenvalue weighted by Gasteiger charge is 2.13. The first-order chi connectivity index (χ1) is 23.7. The van der Waals surface area contributed by atoms with Crippen molar-refractivity contribution in [3.63, 3.8) is 0 Å². The third-order valence-electron chi connectivity index (χ3n) is 9.07. The van der Waals surface area contributed by atoms with E-state index in [1.807, 2.05) is 30.3 Å². The highest BCUT2D eigenvalue weighted by atomic mass is 15.0. The van der Waals surface area contributed by atoms with Gasteiger partial charge >= 0.3 is 0 Å². The molecule has 48 heavy (non-hydrogen) atoms. The van der Waals surface area contributed by atoms with E-state index < -0.39 is 0 Å². The van der Waals surface area contributed by atoms with Gasteiger partial charge in [0.2, 0.25) is 0 Å². The molecule has 0 aliphatic carbocycles. The SMILES string of the molecule is c1ccc(-c2nc(-c3ccc(-c4ccc5ccccc5c4)cc3)nc(-c3ccc4ccc(-c5ccc6ccccc6c5)cc4c3)n2)cc1. The Labute approximate surface area is 278 Å². The van der Waals surface area contributed by atoms with Gasteiger partial charge in [-0.1, -0.05) is 152 Å². The molecule has 0 radical (unpaired) electrons. The van der Waals surface area contributed by atoms with Gasteiger partial charge in [0.25, 0.3) is 0 Å². The van der Waals surface area contributed by atoms with Crippen LogP contribution in [0, 0.1) is 0 Å². The van der Waals surface area contributed by atoms with Crippen molar-refractivity contribution in [3.05, 3.63) is 176 Å². The molecular formula is C45H29N3. The van der Waals surface area contributed by atoms with Gasteiger partial charge in [0.05, 0.1) is 0 Å². The molecule has 224 valence electrons. The number of hydrogen-bond acceptors (Lipinski definition) is 3. The van der Waals surface area contributed by atoms with Crippen LogP contribution in [-0.2, 0) is 0 Å². The highest BCUT2D eigenvalue weighted by Crippen LogP contribution is 2.32. The van der Waals surface area contributed by atoms with E-state index in [-0.39, 0.29) is 0 Å². The fraction of sp³-hybridized carbons (Fsp3) is 0. The fourth-order valence-corrected chi connectivity index (χ4v) is 6.47. The molecule has 0 N–H and O–H groups in total. The van der Waals surface area contributed by atoms with E-state index in [1.54, 1.807) is 0 Å². The number of hydrogen-bond donors (Lipinski definition) is 0. The molecule has 0 atom stereocenters. The van der Waals surface area contributed by atoms with Crippen molar-refractivity contribution >= 4 is 32.3 Å². The van der Waals surface area contributed by atoms with E-state index in [9.17, 15) is 0 Å². The molecule has 1 heterocycles. The summed E-state index contributed by atoms with van der Waals surface area (Å²) in [6, 6.07) is 61.9. The summed E-state index contributed by atoms with van der Waals surface area (Å²) in [5.41, 5.74) is 7.56. The molecule has 0 bridgehead atoms. The van der Waals surface area contributed by atoms with Crippen LogP contribution in [0.25, 0.3) is 88.7 Å². The zero-order valence-corrected chi connectivity index (χ0v) is 26.1. The van der Waals surface area contributed by atoms with Crippen molar-refractivity contribution in [1.82, 2.24) is 15.0 Å². The first-order valence-electron chi connectivity index (χ1n) is 16.2. The van der Waals surface area contributed by atoms with Crippen molar-refractivity contribution < 1.29 is 0 Å². The lowest BCUT2D eigenvalue weighted by atomic mass is 9.98. The minimum Gasteiger partial charge on any atom is -0.208 e. The Kier molecular flexibility index (Phi) is 6.80. The molecule has 3 heteroatoms. The minimum absolute atomic E-state index is 0.647. The molecule has 0 fully saturated rings. The summed E-state index contributed by atoms with van der Waals surface area (Å²) in [4.78, 5) is 15.0. The maximum atomic E-state index is 5.04. The van der Waals surface area contributed by atoms with Gasteiger partial charge in [0.15, 0.2) is 17.5 Å². The Morgan fingerprint density at radius 1 is 0.208 bits per heavy atom. The Morgan fingerprint density at radius 3 is 1.10 bits per heavy atom. The molecule has 9 aromatic rings. The maximum absolute atomic E-state index is 5.04. The summed E-state index contributed by atoms with van der Waals surface area (Å²) >= 11 is 0. The Balaban J connectivity index is 1.12. The molecule has 0 amide bonds. The van der Waals surface area contributed by atoms with E-state index in [0.29, 0.717) is 17.5 Å². The number of rotatable bonds is 5. The standard InChI is InChI=1S/C45H29N3/c1-2-10-34(11-3-1)43-46-44(35-20-14-32(15-21-35)38-22-16-30-8-4-6-12-36(30)26-38)48-45(47-43)41-25-19-33-18-24-40(28-42(33)29-41)39-23-17-31-9-5-7-13-37(31)27-39/h1-29H. The Morgan fingerprint density at radius 2 is 0.542 bits per heavy atom. The van der Waals surface area contributed by atoms with Gasteiger partial charge < -0.3 is 0 Å². The molecule has 0 aliphatic rings. The monoisotopic (exact) mass is 611 g/mol. The van der Waals surface area contributed by atoms with E-state index in [0.717, 1.165) is 27.6 Å². The van der Waals surface area contributed by atoms with Gasteiger partial charge in [0, 0.05) is 16.7 Å². The molecule has 0 spiro atoms. The van der Waals surface area contributed by atoms with Crippen LogP contribution in [0.5, 0.6) is 0 Å². The minimum atomic E-state index is 0.647. The molecule has 9 rings (SSSR count). The quantitative estimate of drug-likeness (QED) is 0.194. The average molecular weight is 612 g/mol. The van der Waals surface area contributed by atoms with Gasteiger partial charge in [-0.05, 0) is 78.8 Å². The molecule has 0 unspecified atom stereocenters. The lowest BCUT2D eigenvalue weighted by Crippen LogP contribution is -2.00. The van der Waals surface area contributed by atoms with Crippen molar-refractivity contribution in [2.45, 2.75) is 0 Å². The van der Waals surface area contributed by atoms with E-state index in [2.05, 4.69) is 146 Å². The van der Waals surface area contributed by atoms with Gasteiger partial charge in [-0.3, -0.25) is 0 Å². The molecule has 0 saturated carbocycles. The summed E-state index contributed by atoms with van der Waals surface area (Å²) in [6.07, 6.45) is 0. The van der Waals surface area contributed by atoms with E-state index in [1.165, 1.54) is 43.6 Å². The average Bonchev–Trinajstić information content (AvgIpc) is 3.17. The van der Waals surface area contributed by atoms with Gasteiger partial charge in [-0.15, -0.1) is 0 Å². The molecule has 1 aromatic heterocycles. The normalized spacial score (nSPS) is 11.3. The maximum Gasteiger partial charge on any atom is 0.164 e. The predicted molar refractivity (Wildman–Crippen MR) is 200 cm³/mol. The van der Waals surface area contributed by atoms with Crippen LogP contribution in [0.3, 0.4) is 0 Å². The summed E-state index contributed by atoms with van der Waals surface area (Å²) < 4.78 is 0. The van der Waals surface area contributed by atoms with Crippen LogP contribution in [0.1, 0.15) is 0 Å². The lowest BCUT2D eigenvalue weighted by Gasteiger charge is -2.11. The summed E-state index contributed by atoms with van der Waals surface area (Å²) in [5.74, 6) is 1.95. The van der Waals surface area contributed by atoms with Gasteiger partial charge in [-0.25, -0.2) is 15.0 Å². The van der Waals surface area contributed by atoms with Crippen molar-refractivity contribution in [2.24, 2.45) is 0 Å². The third kappa shape index (κ3) is 5.28. The Bertz CT molecular complexity index is 2610. The Hall–Kier alpha value is -6.45. The van der Waals surface area contributed by atoms with Gasteiger partial charge in [-0.2, -0.15) is 0 Å². The third-order valence-corrected chi connectivity index (χ3v) is 9.07. The molecule has 0 saturated heterocycles. The second-order valence-corrected chi connectivity index (χ2v) is 12.2. The second-order valence-electron chi connectivity index (χ2n) is 12.2. The smallest absolute Gasteiger partial charge is 0.164 e. The second kappa shape index (κ2) is 11.7. The molecular weight excluding hydrogens is 583 g/mol. The van der Waals surface area contributed by atoms with Crippen LogP contribution < -0.4 is 0 Å². The first-order valence-corrected chi connectivity index (χ1v) is 16.2. The van der Waals surface area contributed by atoms with Crippen molar-refractivity contribution in [3.8, 4) is 56.4 Å². The fourth-order valence-electron chi connectivity index (χ4n) is 6.47. The summed E-state index contributed by atoms with van der Waals surface area (Å²) in [7, 11) is 0. The number of fused-ring (bicyclic) bond motifs is 3. The van der Waals surface area contributed by atoms with Crippen molar-refractivity contribution in [2.75, 3.05) is 0 Å². The molecule has 0 aliphatic heterocycles. The number of nitrogens with zero attached hydrogens (tertiary/aromatic N) is 3.